The molecule has 0 fully saturated rings. The molecule has 0 aromatic carbocycles. The molecule has 1 aliphatic rings. The van der Waals surface area contributed by atoms with Crippen molar-refractivity contribution in [1.29, 1.82) is 0 Å². The Morgan fingerprint density at radius 3 is 3.12 bits per heavy atom. The first-order valence-electron chi connectivity index (χ1n) is 3.09. The smallest absolute Gasteiger partial charge is 0.0149 e. The maximum atomic E-state index is 5.01. The summed E-state index contributed by atoms with van der Waals surface area (Å²) < 4.78 is 0. The van der Waals surface area contributed by atoms with E-state index in [1.165, 1.54) is 19.3 Å². The molecule has 0 amide bonds. The molecule has 0 nitrogen and oxygen atoms in total. The van der Waals surface area contributed by atoms with Gasteiger partial charge >= 0.3 is 0 Å². The first-order chi connectivity index (χ1) is 3.89. The Labute approximate surface area is 55.6 Å². The molecule has 0 aliphatic heterocycles. The Morgan fingerprint density at radius 1 is 1.38 bits per heavy atom. The molecule has 1 heteroatoms. The minimum Gasteiger partial charge on any atom is -0.0849 e. The van der Waals surface area contributed by atoms with Crippen molar-refractivity contribution in [3.8, 4) is 0 Å². The molecule has 0 heterocycles. The van der Waals surface area contributed by atoms with E-state index >= 15 is 0 Å². The molecule has 1 rings (SSSR count). The Hall–Kier alpha value is -0.170. The van der Waals surface area contributed by atoms with Crippen LogP contribution in [0.3, 0.4) is 0 Å². The Balaban J connectivity index is 2.44. The van der Waals surface area contributed by atoms with Crippen LogP contribution in [-0.4, -0.2) is 4.86 Å². The minimum atomic E-state index is 1.13. The number of hydrogen-bond acceptors (Lipinski definition) is 1. The number of thiocarbonyl (C=S) groups is 1. The van der Waals surface area contributed by atoms with Crippen molar-refractivity contribution in [3.05, 3.63) is 12.2 Å². The molecule has 0 unspecified atom stereocenters. The van der Waals surface area contributed by atoms with Gasteiger partial charge in [-0.05, 0) is 25.7 Å². The molecule has 44 valence electrons. The van der Waals surface area contributed by atoms with Gasteiger partial charge in [0.1, 0.15) is 0 Å². The van der Waals surface area contributed by atoms with Crippen molar-refractivity contribution in [1.82, 2.24) is 0 Å². The summed E-state index contributed by atoms with van der Waals surface area (Å²) in [5.41, 5.74) is 0. The first kappa shape index (κ1) is 5.96. The lowest BCUT2D eigenvalue weighted by atomic mass is 10.2. The number of hydrogen-bond donors (Lipinski definition) is 0. The van der Waals surface area contributed by atoms with Crippen LogP contribution in [0.1, 0.15) is 25.7 Å². The van der Waals surface area contributed by atoms with Crippen LogP contribution < -0.4 is 0 Å². The molecule has 0 spiro atoms. The second-order valence-electron chi connectivity index (χ2n) is 2.11. The molecule has 1 aliphatic carbocycles. The standard InChI is InChI=1S/C7H10S/c8-7-5-3-1-2-4-6-7/h3,5H,1-2,4,6H2. The van der Waals surface area contributed by atoms with E-state index in [0.717, 1.165) is 11.3 Å². The highest BCUT2D eigenvalue weighted by Crippen LogP contribution is 2.07. The van der Waals surface area contributed by atoms with Gasteiger partial charge in [0, 0.05) is 4.86 Å². The second kappa shape index (κ2) is 2.98. The van der Waals surface area contributed by atoms with Crippen molar-refractivity contribution in [2.45, 2.75) is 25.7 Å². The Kier molecular flexibility index (Phi) is 2.22. The average Bonchev–Trinajstić information content (AvgIpc) is 1.94. The predicted molar refractivity (Wildman–Crippen MR) is 40.2 cm³/mol. The van der Waals surface area contributed by atoms with Gasteiger partial charge in [-0.15, -0.1) is 0 Å². The van der Waals surface area contributed by atoms with E-state index in [1.54, 1.807) is 0 Å². The van der Waals surface area contributed by atoms with Gasteiger partial charge in [-0.3, -0.25) is 0 Å². The monoisotopic (exact) mass is 126 g/mol. The van der Waals surface area contributed by atoms with E-state index in [0.29, 0.717) is 0 Å². The molecule has 0 saturated carbocycles. The lowest BCUT2D eigenvalue weighted by molar-refractivity contribution is 0.791. The zero-order chi connectivity index (χ0) is 5.82. The normalized spacial score (nSPS) is 20.8. The summed E-state index contributed by atoms with van der Waals surface area (Å²) in [6.07, 6.45) is 9.20. The lowest BCUT2D eigenvalue weighted by Gasteiger charge is -1.88. The summed E-state index contributed by atoms with van der Waals surface area (Å²) in [7, 11) is 0. The Morgan fingerprint density at radius 2 is 2.25 bits per heavy atom. The van der Waals surface area contributed by atoms with E-state index in [2.05, 4.69) is 12.2 Å². The predicted octanol–water partition coefficient (Wildman–Crippen LogP) is 2.49. The van der Waals surface area contributed by atoms with Crippen molar-refractivity contribution < 1.29 is 0 Å². The highest BCUT2D eigenvalue weighted by Gasteiger charge is 1.95. The zero-order valence-electron chi connectivity index (χ0n) is 4.89. The Bertz CT molecular complexity index is 114. The van der Waals surface area contributed by atoms with E-state index < -0.39 is 0 Å². The van der Waals surface area contributed by atoms with Crippen LogP contribution in [0.2, 0.25) is 0 Å². The van der Waals surface area contributed by atoms with Crippen molar-refractivity contribution in [2.24, 2.45) is 0 Å². The molecule has 0 saturated heterocycles. The van der Waals surface area contributed by atoms with E-state index in [4.69, 9.17) is 12.2 Å². The summed E-state index contributed by atoms with van der Waals surface area (Å²) in [6.45, 7) is 0. The van der Waals surface area contributed by atoms with Crippen molar-refractivity contribution in [2.75, 3.05) is 0 Å². The van der Waals surface area contributed by atoms with Gasteiger partial charge in [-0.25, -0.2) is 0 Å². The molecule has 0 aromatic rings. The van der Waals surface area contributed by atoms with E-state index in [1.807, 2.05) is 0 Å². The van der Waals surface area contributed by atoms with Crippen LogP contribution >= 0.6 is 12.2 Å². The summed E-state index contributed by atoms with van der Waals surface area (Å²) in [5, 5.41) is 0. The third kappa shape index (κ3) is 1.74. The molecule has 0 bridgehead atoms. The van der Waals surface area contributed by atoms with Crippen LogP contribution in [0.15, 0.2) is 12.2 Å². The fraction of sp³-hybridized carbons (Fsp3) is 0.571. The average molecular weight is 126 g/mol. The highest BCUT2D eigenvalue weighted by atomic mass is 32.1. The first-order valence-corrected chi connectivity index (χ1v) is 3.50. The van der Waals surface area contributed by atoms with Crippen LogP contribution in [0, 0.1) is 0 Å². The van der Waals surface area contributed by atoms with Gasteiger partial charge in [0.25, 0.3) is 0 Å². The summed E-state index contributed by atoms with van der Waals surface area (Å²) in [5.74, 6) is 0. The molecular formula is C7H10S. The number of allylic oxidation sites excluding steroid dienone is 2. The summed E-state index contributed by atoms with van der Waals surface area (Å²) in [6, 6.07) is 0. The van der Waals surface area contributed by atoms with Crippen molar-refractivity contribution >= 4 is 17.1 Å². The van der Waals surface area contributed by atoms with Crippen LogP contribution in [-0.2, 0) is 0 Å². The van der Waals surface area contributed by atoms with E-state index in [9.17, 15) is 0 Å². The van der Waals surface area contributed by atoms with Crippen molar-refractivity contribution in [3.63, 3.8) is 0 Å². The third-order valence-electron chi connectivity index (χ3n) is 1.35. The van der Waals surface area contributed by atoms with Gasteiger partial charge in [-0.1, -0.05) is 24.4 Å². The fourth-order valence-corrected chi connectivity index (χ4v) is 1.10. The maximum Gasteiger partial charge on any atom is 0.0149 e. The quantitative estimate of drug-likeness (QED) is 0.449. The minimum absolute atomic E-state index is 1.13. The molecule has 0 radical (unpaired) electrons. The van der Waals surface area contributed by atoms with Gasteiger partial charge in [0.05, 0.1) is 0 Å². The van der Waals surface area contributed by atoms with Gasteiger partial charge in [-0.2, -0.15) is 0 Å². The highest BCUT2D eigenvalue weighted by molar-refractivity contribution is 7.80. The van der Waals surface area contributed by atoms with E-state index in [-0.39, 0.29) is 0 Å². The molecule has 0 atom stereocenters. The molecule has 8 heavy (non-hydrogen) atoms. The topological polar surface area (TPSA) is 0 Å². The number of rotatable bonds is 0. The summed E-state index contributed by atoms with van der Waals surface area (Å²) >= 11 is 5.01. The third-order valence-corrected chi connectivity index (χ3v) is 1.69. The van der Waals surface area contributed by atoms with Gasteiger partial charge in [0.15, 0.2) is 0 Å². The van der Waals surface area contributed by atoms with Gasteiger partial charge < -0.3 is 0 Å². The molecule has 0 aromatic heterocycles. The molecular weight excluding hydrogens is 116 g/mol. The van der Waals surface area contributed by atoms with Crippen LogP contribution in [0.25, 0.3) is 0 Å². The van der Waals surface area contributed by atoms with Gasteiger partial charge in [0.2, 0.25) is 0 Å². The fourth-order valence-electron chi connectivity index (χ4n) is 0.860. The molecule has 0 N–H and O–H groups in total. The van der Waals surface area contributed by atoms with Crippen LogP contribution in [0.5, 0.6) is 0 Å². The SMILES string of the molecule is S=C1C=CCCCC1. The second-order valence-corrected chi connectivity index (χ2v) is 2.64. The summed E-state index contributed by atoms with van der Waals surface area (Å²) in [4.78, 5) is 1.13. The lowest BCUT2D eigenvalue weighted by Crippen LogP contribution is -1.83. The zero-order valence-corrected chi connectivity index (χ0v) is 5.71. The maximum absolute atomic E-state index is 5.01. The van der Waals surface area contributed by atoms with Crippen LogP contribution in [0.4, 0.5) is 0 Å². The largest absolute Gasteiger partial charge is 0.0849 e.